The van der Waals surface area contributed by atoms with Crippen LogP contribution < -0.4 is 10.5 Å². The van der Waals surface area contributed by atoms with Crippen LogP contribution in [0.25, 0.3) is 0 Å². The number of hydrogen-bond donors (Lipinski definition) is 2. The zero-order valence-electron chi connectivity index (χ0n) is 11.4. The number of nitrogen functional groups attached to an aromatic ring is 1. The smallest absolute Gasteiger partial charge is 0.263 e. The number of rotatable bonds is 3. The largest absolute Gasteiger partial charge is 0.399 e. The third-order valence-electron chi connectivity index (χ3n) is 2.93. The number of anilines is 2. The van der Waals surface area contributed by atoms with E-state index in [1.807, 2.05) is 13.8 Å². The Morgan fingerprint density at radius 1 is 1.14 bits per heavy atom. The first-order valence-electron chi connectivity index (χ1n) is 6.05. The predicted molar refractivity (Wildman–Crippen MR) is 90.3 cm³/mol. The standard InChI is InChI=1S/C14H14BrClN2O2S/c1-8-5-11(6-9(2)14(8)15)18-21(19,20)13-4-3-10(17)7-12(13)16/h3-7,18H,17H2,1-2H3. The van der Waals surface area contributed by atoms with E-state index in [2.05, 4.69) is 20.7 Å². The molecule has 0 aliphatic carbocycles. The molecule has 2 rings (SSSR count). The molecule has 0 saturated heterocycles. The van der Waals surface area contributed by atoms with E-state index in [0.717, 1.165) is 15.6 Å². The number of benzene rings is 2. The number of sulfonamides is 1. The molecule has 0 spiro atoms. The average Bonchev–Trinajstić information content (AvgIpc) is 2.34. The first-order valence-corrected chi connectivity index (χ1v) is 8.71. The monoisotopic (exact) mass is 388 g/mol. The Labute approximate surface area is 137 Å². The lowest BCUT2D eigenvalue weighted by Crippen LogP contribution is -2.14. The van der Waals surface area contributed by atoms with Gasteiger partial charge in [-0.1, -0.05) is 27.5 Å². The van der Waals surface area contributed by atoms with Crippen molar-refractivity contribution in [3.8, 4) is 0 Å². The molecule has 0 saturated carbocycles. The zero-order valence-corrected chi connectivity index (χ0v) is 14.6. The highest BCUT2D eigenvalue weighted by Gasteiger charge is 2.18. The minimum absolute atomic E-state index is 0.00316. The second-order valence-corrected chi connectivity index (χ2v) is 7.57. The van der Waals surface area contributed by atoms with E-state index in [4.69, 9.17) is 17.3 Å². The molecule has 4 nitrogen and oxygen atoms in total. The van der Waals surface area contributed by atoms with Crippen LogP contribution in [-0.4, -0.2) is 8.42 Å². The van der Waals surface area contributed by atoms with Crippen LogP contribution in [0, 0.1) is 13.8 Å². The van der Waals surface area contributed by atoms with Crippen molar-refractivity contribution in [1.82, 2.24) is 0 Å². The van der Waals surface area contributed by atoms with Gasteiger partial charge in [-0.05, 0) is 55.3 Å². The van der Waals surface area contributed by atoms with Gasteiger partial charge in [0.05, 0.1) is 5.02 Å². The molecule has 7 heteroatoms. The molecule has 0 fully saturated rings. The van der Waals surface area contributed by atoms with Gasteiger partial charge in [-0.25, -0.2) is 8.42 Å². The fourth-order valence-corrected chi connectivity index (χ4v) is 3.77. The molecule has 0 aliphatic heterocycles. The van der Waals surface area contributed by atoms with Crippen molar-refractivity contribution < 1.29 is 8.42 Å². The van der Waals surface area contributed by atoms with Gasteiger partial charge in [0, 0.05) is 15.8 Å². The third-order valence-corrected chi connectivity index (χ3v) is 6.05. The van der Waals surface area contributed by atoms with Gasteiger partial charge in [0.2, 0.25) is 0 Å². The van der Waals surface area contributed by atoms with Crippen LogP contribution in [0.15, 0.2) is 39.7 Å². The van der Waals surface area contributed by atoms with Crippen LogP contribution in [0.2, 0.25) is 5.02 Å². The summed E-state index contributed by atoms with van der Waals surface area (Å²) in [5, 5.41) is 0.0908. The molecule has 0 amide bonds. The lowest BCUT2D eigenvalue weighted by atomic mass is 10.1. The highest BCUT2D eigenvalue weighted by atomic mass is 79.9. The first kappa shape index (κ1) is 16.1. The molecule has 0 unspecified atom stereocenters. The topological polar surface area (TPSA) is 72.2 Å². The van der Waals surface area contributed by atoms with Crippen molar-refractivity contribution in [3.05, 3.63) is 51.0 Å². The van der Waals surface area contributed by atoms with Gasteiger partial charge in [-0.2, -0.15) is 0 Å². The van der Waals surface area contributed by atoms with E-state index < -0.39 is 10.0 Å². The maximum absolute atomic E-state index is 12.4. The summed E-state index contributed by atoms with van der Waals surface area (Å²) in [6, 6.07) is 7.80. The molecule has 0 heterocycles. The molecule has 112 valence electrons. The van der Waals surface area contributed by atoms with Crippen LogP contribution in [0.4, 0.5) is 11.4 Å². The molecule has 21 heavy (non-hydrogen) atoms. The molecular weight excluding hydrogens is 376 g/mol. The number of nitrogens with two attached hydrogens (primary N) is 1. The van der Waals surface area contributed by atoms with Gasteiger partial charge in [0.25, 0.3) is 10.0 Å². The summed E-state index contributed by atoms with van der Waals surface area (Å²) in [5.74, 6) is 0. The second kappa shape index (κ2) is 5.87. The highest BCUT2D eigenvalue weighted by molar-refractivity contribution is 9.10. The Kier molecular flexibility index (Phi) is 4.51. The van der Waals surface area contributed by atoms with E-state index in [0.29, 0.717) is 11.4 Å². The van der Waals surface area contributed by atoms with E-state index in [1.165, 1.54) is 18.2 Å². The Morgan fingerprint density at radius 2 is 1.71 bits per heavy atom. The van der Waals surface area contributed by atoms with Crippen molar-refractivity contribution >= 4 is 48.9 Å². The van der Waals surface area contributed by atoms with E-state index in [1.54, 1.807) is 12.1 Å². The minimum Gasteiger partial charge on any atom is -0.399 e. The summed E-state index contributed by atoms with van der Waals surface area (Å²) >= 11 is 9.41. The predicted octanol–water partition coefficient (Wildman–Crippen LogP) is 4.10. The molecule has 0 aromatic heterocycles. The van der Waals surface area contributed by atoms with E-state index >= 15 is 0 Å². The van der Waals surface area contributed by atoms with Crippen LogP contribution in [0.3, 0.4) is 0 Å². The Morgan fingerprint density at radius 3 is 2.24 bits per heavy atom. The summed E-state index contributed by atoms with van der Waals surface area (Å²) in [5.41, 5.74) is 8.36. The first-order chi connectivity index (χ1) is 9.70. The number of aryl methyl sites for hydroxylation is 2. The molecule has 0 aliphatic rings. The molecule has 2 aromatic rings. The summed E-state index contributed by atoms with van der Waals surface area (Å²) in [4.78, 5) is -0.00316. The summed E-state index contributed by atoms with van der Waals surface area (Å²) in [6.07, 6.45) is 0. The van der Waals surface area contributed by atoms with Crippen molar-refractivity contribution in [2.24, 2.45) is 0 Å². The van der Waals surface area contributed by atoms with E-state index in [-0.39, 0.29) is 9.92 Å². The summed E-state index contributed by atoms with van der Waals surface area (Å²) < 4.78 is 28.3. The van der Waals surface area contributed by atoms with Crippen molar-refractivity contribution in [1.29, 1.82) is 0 Å². The van der Waals surface area contributed by atoms with Gasteiger partial charge >= 0.3 is 0 Å². The van der Waals surface area contributed by atoms with Crippen LogP contribution in [0.1, 0.15) is 11.1 Å². The molecule has 0 bridgehead atoms. The van der Waals surface area contributed by atoms with Gasteiger partial charge in [-0.3, -0.25) is 4.72 Å². The zero-order chi connectivity index (χ0) is 15.8. The second-order valence-electron chi connectivity index (χ2n) is 4.72. The fourth-order valence-electron chi connectivity index (χ4n) is 1.95. The van der Waals surface area contributed by atoms with Crippen LogP contribution >= 0.6 is 27.5 Å². The van der Waals surface area contributed by atoms with Crippen LogP contribution in [-0.2, 0) is 10.0 Å². The average molecular weight is 390 g/mol. The molecule has 0 atom stereocenters. The Bertz CT molecular complexity index is 784. The van der Waals surface area contributed by atoms with Crippen molar-refractivity contribution in [3.63, 3.8) is 0 Å². The lowest BCUT2D eigenvalue weighted by Gasteiger charge is -2.12. The summed E-state index contributed by atoms with van der Waals surface area (Å²) in [7, 11) is -3.76. The lowest BCUT2D eigenvalue weighted by molar-refractivity contribution is 0.601. The molecule has 2 aromatic carbocycles. The number of nitrogens with one attached hydrogen (secondary N) is 1. The number of halogens is 2. The van der Waals surface area contributed by atoms with Gasteiger partial charge in [0.15, 0.2) is 0 Å². The third kappa shape index (κ3) is 3.51. The van der Waals surface area contributed by atoms with Crippen molar-refractivity contribution in [2.45, 2.75) is 18.7 Å². The van der Waals surface area contributed by atoms with Crippen LogP contribution in [0.5, 0.6) is 0 Å². The van der Waals surface area contributed by atoms with E-state index in [9.17, 15) is 8.42 Å². The van der Waals surface area contributed by atoms with Gasteiger partial charge in [0.1, 0.15) is 4.90 Å². The quantitative estimate of drug-likeness (QED) is 0.776. The highest BCUT2D eigenvalue weighted by Crippen LogP contribution is 2.29. The SMILES string of the molecule is Cc1cc(NS(=O)(=O)c2ccc(N)cc2Cl)cc(C)c1Br. The maximum atomic E-state index is 12.4. The normalized spacial score (nSPS) is 11.4. The van der Waals surface area contributed by atoms with Gasteiger partial charge in [-0.15, -0.1) is 0 Å². The maximum Gasteiger partial charge on any atom is 0.263 e. The number of hydrogen-bond acceptors (Lipinski definition) is 3. The molecule has 3 N–H and O–H groups in total. The minimum atomic E-state index is -3.76. The summed E-state index contributed by atoms with van der Waals surface area (Å²) in [6.45, 7) is 3.79. The Hall–Kier alpha value is -1.24. The fraction of sp³-hybridized carbons (Fsp3) is 0.143. The molecule has 0 radical (unpaired) electrons. The molecular formula is C14H14BrClN2O2S. The van der Waals surface area contributed by atoms with Gasteiger partial charge < -0.3 is 5.73 Å². The van der Waals surface area contributed by atoms with Crippen molar-refractivity contribution in [2.75, 3.05) is 10.5 Å². The Balaban J connectivity index is 2.42.